The van der Waals surface area contributed by atoms with Crippen molar-refractivity contribution in [1.82, 2.24) is 5.32 Å². The standard InChI is InChI=1S/C17H17N3O5/c1-10(11-3-5-15-16(9-11)25-7-6-24-15)19-17(21)12-2-4-13(18)14(8-12)20(22)23/h2-5,8-10H,6-7,18H2,1H3,(H,19,21). The maximum Gasteiger partial charge on any atom is 0.292 e. The summed E-state index contributed by atoms with van der Waals surface area (Å²) in [6.07, 6.45) is 0. The fourth-order valence-electron chi connectivity index (χ4n) is 2.54. The Bertz CT molecular complexity index is 837. The van der Waals surface area contributed by atoms with E-state index in [9.17, 15) is 14.9 Å². The van der Waals surface area contributed by atoms with E-state index in [-0.39, 0.29) is 23.0 Å². The maximum absolute atomic E-state index is 12.4. The van der Waals surface area contributed by atoms with Crippen molar-refractivity contribution in [2.24, 2.45) is 0 Å². The molecular weight excluding hydrogens is 326 g/mol. The van der Waals surface area contributed by atoms with Crippen LogP contribution in [0.2, 0.25) is 0 Å². The number of hydrogen-bond acceptors (Lipinski definition) is 6. The zero-order valence-electron chi connectivity index (χ0n) is 13.5. The van der Waals surface area contributed by atoms with E-state index in [0.29, 0.717) is 24.7 Å². The second kappa shape index (κ2) is 6.68. The lowest BCUT2D eigenvalue weighted by Crippen LogP contribution is -2.27. The van der Waals surface area contributed by atoms with Crippen molar-refractivity contribution >= 4 is 17.3 Å². The summed E-state index contributed by atoms with van der Waals surface area (Å²) < 4.78 is 11.0. The van der Waals surface area contributed by atoms with Crippen molar-refractivity contribution in [3.63, 3.8) is 0 Å². The molecule has 1 amide bonds. The van der Waals surface area contributed by atoms with Crippen LogP contribution in [0.5, 0.6) is 11.5 Å². The molecule has 25 heavy (non-hydrogen) atoms. The highest BCUT2D eigenvalue weighted by molar-refractivity contribution is 5.95. The number of nitrogens with one attached hydrogen (secondary N) is 1. The summed E-state index contributed by atoms with van der Waals surface area (Å²) in [6, 6.07) is 9.09. The molecule has 0 bridgehead atoms. The molecule has 2 aromatic carbocycles. The largest absolute Gasteiger partial charge is 0.486 e. The molecule has 2 aromatic rings. The summed E-state index contributed by atoms with van der Waals surface area (Å²) in [5.74, 6) is 0.876. The van der Waals surface area contributed by atoms with Gasteiger partial charge in [0.25, 0.3) is 11.6 Å². The topological polar surface area (TPSA) is 117 Å². The van der Waals surface area contributed by atoms with Crippen LogP contribution >= 0.6 is 0 Å². The van der Waals surface area contributed by atoms with Crippen molar-refractivity contribution < 1.29 is 19.2 Å². The predicted molar refractivity (Wildman–Crippen MR) is 90.8 cm³/mol. The number of nitro groups is 1. The van der Waals surface area contributed by atoms with E-state index < -0.39 is 10.8 Å². The summed E-state index contributed by atoms with van der Waals surface area (Å²) >= 11 is 0. The molecule has 8 heteroatoms. The highest BCUT2D eigenvalue weighted by atomic mass is 16.6. The number of nitro benzene ring substituents is 1. The third-order valence-corrected chi connectivity index (χ3v) is 3.90. The first-order chi connectivity index (χ1) is 12.0. The summed E-state index contributed by atoms with van der Waals surface area (Å²) in [7, 11) is 0. The average Bonchev–Trinajstić information content (AvgIpc) is 2.61. The lowest BCUT2D eigenvalue weighted by Gasteiger charge is -2.21. The number of nitrogens with two attached hydrogens (primary N) is 1. The average molecular weight is 343 g/mol. The van der Waals surface area contributed by atoms with Gasteiger partial charge in [-0.25, -0.2) is 0 Å². The van der Waals surface area contributed by atoms with Crippen LogP contribution in [0, 0.1) is 10.1 Å². The van der Waals surface area contributed by atoms with E-state index in [4.69, 9.17) is 15.2 Å². The number of fused-ring (bicyclic) bond motifs is 1. The van der Waals surface area contributed by atoms with Gasteiger partial charge in [0.05, 0.1) is 11.0 Å². The Hall–Kier alpha value is -3.29. The van der Waals surface area contributed by atoms with Crippen molar-refractivity contribution in [3.8, 4) is 11.5 Å². The van der Waals surface area contributed by atoms with E-state index >= 15 is 0 Å². The van der Waals surface area contributed by atoms with Gasteiger partial charge in [0.15, 0.2) is 11.5 Å². The molecule has 1 atom stereocenters. The first kappa shape index (κ1) is 16.6. The number of ether oxygens (including phenoxy) is 2. The predicted octanol–water partition coefficient (Wildman–Crippen LogP) is 2.44. The van der Waals surface area contributed by atoms with E-state index in [0.717, 1.165) is 5.56 Å². The fourth-order valence-corrected chi connectivity index (χ4v) is 2.54. The lowest BCUT2D eigenvalue weighted by atomic mass is 10.1. The number of rotatable bonds is 4. The number of anilines is 1. The van der Waals surface area contributed by atoms with Gasteiger partial charge in [-0.1, -0.05) is 6.07 Å². The molecule has 3 rings (SSSR count). The second-order valence-electron chi connectivity index (χ2n) is 5.63. The van der Waals surface area contributed by atoms with Gasteiger partial charge in [-0.3, -0.25) is 14.9 Å². The van der Waals surface area contributed by atoms with Gasteiger partial charge in [-0.15, -0.1) is 0 Å². The second-order valence-corrected chi connectivity index (χ2v) is 5.63. The van der Waals surface area contributed by atoms with Gasteiger partial charge in [0.1, 0.15) is 18.9 Å². The molecule has 1 aliphatic rings. The third-order valence-electron chi connectivity index (χ3n) is 3.90. The maximum atomic E-state index is 12.4. The minimum Gasteiger partial charge on any atom is -0.486 e. The van der Waals surface area contributed by atoms with E-state index in [2.05, 4.69) is 5.32 Å². The van der Waals surface area contributed by atoms with Crippen molar-refractivity contribution in [2.45, 2.75) is 13.0 Å². The summed E-state index contributed by atoms with van der Waals surface area (Å²) in [4.78, 5) is 22.7. The first-order valence-corrected chi connectivity index (χ1v) is 7.70. The molecule has 0 saturated carbocycles. The van der Waals surface area contributed by atoms with Gasteiger partial charge in [0, 0.05) is 11.6 Å². The van der Waals surface area contributed by atoms with Crippen molar-refractivity contribution in [3.05, 3.63) is 57.6 Å². The number of carbonyl (C=O) groups excluding carboxylic acids is 1. The number of hydrogen-bond donors (Lipinski definition) is 2. The lowest BCUT2D eigenvalue weighted by molar-refractivity contribution is -0.383. The number of nitrogens with zero attached hydrogens (tertiary/aromatic N) is 1. The Morgan fingerprint density at radius 2 is 1.92 bits per heavy atom. The monoisotopic (exact) mass is 343 g/mol. The van der Waals surface area contributed by atoms with Crippen molar-refractivity contribution in [2.75, 3.05) is 18.9 Å². The minimum absolute atomic E-state index is 0.0152. The smallest absolute Gasteiger partial charge is 0.292 e. The zero-order chi connectivity index (χ0) is 18.0. The molecule has 130 valence electrons. The molecule has 1 aliphatic heterocycles. The summed E-state index contributed by atoms with van der Waals surface area (Å²) in [5.41, 5.74) is 6.28. The van der Waals surface area contributed by atoms with E-state index in [1.54, 1.807) is 6.07 Å². The van der Waals surface area contributed by atoms with Crippen LogP contribution in [-0.2, 0) is 0 Å². The van der Waals surface area contributed by atoms with Crippen LogP contribution in [0.1, 0.15) is 28.9 Å². The minimum atomic E-state index is -0.615. The van der Waals surface area contributed by atoms with Crippen LogP contribution in [-0.4, -0.2) is 24.0 Å². The van der Waals surface area contributed by atoms with E-state index in [1.807, 2.05) is 19.1 Å². The number of carbonyl (C=O) groups is 1. The Morgan fingerprint density at radius 3 is 2.64 bits per heavy atom. The molecule has 1 heterocycles. The highest BCUT2D eigenvalue weighted by Gasteiger charge is 2.19. The van der Waals surface area contributed by atoms with Crippen LogP contribution in [0.15, 0.2) is 36.4 Å². The van der Waals surface area contributed by atoms with Gasteiger partial charge in [-0.2, -0.15) is 0 Å². The van der Waals surface area contributed by atoms with Crippen LogP contribution in [0.3, 0.4) is 0 Å². The van der Waals surface area contributed by atoms with Gasteiger partial charge in [0.2, 0.25) is 0 Å². The van der Waals surface area contributed by atoms with Crippen LogP contribution in [0.25, 0.3) is 0 Å². The number of benzene rings is 2. The normalized spacial score (nSPS) is 13.8. The molecule has 0 aromatic heterocycles. The highest BCUT2D eigenvalue weighted by Crippen LogP contribution is 2.32. The Morgan fingerprint density at radius 1 is 1.20 bits per heavy atom. The molecule has 0 radical (unpaired) electrons. The molecule has 0 saturated heterocycles. The van der Waals surface area contributed by atoms with E-state index in [1.165, 1.54) is 18.2 Å². The van der Waals surface area contributed by atoms with Gasteiger partial charge in [-0.05, 0) is 36.8 Å². The molecular formula is C17H17N3O5. The Labute approximate surface area is 143 Å². The third kappa shape index (κ3) is 3.47. The van der Waals surface area contributed by atoms with Gasteiger partial charge < -0.3 is 20.5 Å². The summed E-state index contributed by atoms with van der Waals surface area (Å²) in [5, 5.41) is 13.8. The van der Waals surface area contributed by atoms with Crippen molar-refractivity contribution in [1.29, 1.82) is 0 Å². The molecule has 0 spiro atoms. The number of nitrogen functional groups attached to an aromatic ring is 1. The van der Waals surface area contributed by atoms with Gasteiger partial charge >= 0.3 is 0 Å². The number of amides is 1. The Kier molecular flexibility index (Phi) is 4.42. The molecule has 1 unspecified atom stereocenters. The molecule has 8 nitrogen and oxygen atoms in total. The summed E-state index contributed by atoms with van der Waals surface area (Å²) in [6.45, 7) is 2.80. The zero-order valence-corrected chi connectivity index (χ0v) is 13.5. The fraction of sp³-hybridized carbons (Fsp3) is 0.235. The Balaban J connectivity index is 1.76. The molecule has 0 aliphatic carbocycles. The first-order valence-electron chi connectivity index (χ1n) is 7.70. The molecule has 3 N–H and O–H groups in total. The quantitative estimate of drug-likeness (QED) is 0.500. The molecule has 0 fully saturated rings. The van der Waals surface area contributed by atoms with Crippen LogP contribution in [0.4, 0.5) is 11.4 Å². The SMILES string of the molecule is CC(NC(=O)c1ccc(N)c([N+](=O)[O-])c1)c1ccc2c(c1)OCCO2. The van der Waals surface area contributed by atoms with Crippen LogP contribution < -0.4 is 20.5 Å².